The standard InChI is InChI=1S/C10H21N/c1-4-8(5-2)10(11)9-6-7(9)3/h7-10H,4-6,11H2,1-3H3. The van der Waals surface area contributed by atoms with Crippen molar-refractivity contribution < 1.29 is 0 Å². The zero-order valence-electron chi connectivity index (χ0n) is 8.01. The lowest BCUT2D eigenvalue weighted by molar-refractivity contribution is 0.355. The molecule has 0 spiro atoms. The van der Waals surface area contributed by atoms with Crippen molar-refractivity contribution in [1.82, 2.24) is 0 Å². The normalized spacial score (nSPS) is 32.5. The topological polar surface area (TPSA) is 26.0 Å². The largest absolute Gasteiger partial charge is 0.327 e. The molecule has 0 radical (unpaired) electrons. The van der Waals surface area contributed by atoms with Crippen molar-refractivity contribution in [2.24, 2.45) is 23.5 Å². The Labute approximate surface area is 70.4 Å². The third kappa shape index (κ3) is 1.96. The Morgan fingerprint density at radius 2 is 1.82 bits per heavy atom. The van der Waals surface area contributed by atoms with E-state index in [1.54, 1.807) is 0 Å². The van der Waals surface area contributed by atoms with Crippen molar-refractivity contribution in [3.63, 3.8) is 0 Å². The summed E-state index contributed by atoms with van der Waals surface area (Å²) in [7, 11) is 0. The minimum atomic E-state index is 0.486. The molecule has 0 aromatic carbocycles. The Morgan fingerprint density at radius 3 is 2.09 bits per heavy atom. The van der Waals surface area contributed by atoms with Gasteiger partial charge in [0.25, 0.3) is 0 Å². The predicted octanol–water partition coefficient (Wildman–Crippen LogP) is 2.41. The molecule has 3 unspecified atom stereocenters. The van der Waals surface area contributed by atoms with Gasteiger partial charge in [0, 0.05) is 6.04 Å². The molecule has 1 aliphatic carbocycles. The van der Waals surface area contributed by atoms with Gasteiger partial charge in [-0.2, -0.15) is 0 Å². The second-order valence-corrected chi connectivity index (χ2v) is 4.03. The molecule has 1 heteroatoms. The molecule has 0 aromatic heterocycles. The fourth-order valence-electron chi connectivity index (χ4n) is 2.07. The molecule has 1 nitrogen and oxygen atoms in total. The van der Waals surface area contributed by atoms with E-state index >= 15 is 0 Å². The van der Waals surface area contributed by atoms with Gasteiger partial charge in [-0.25, -0.2) is 0 Å². The average Bonchev–Trinajstić information content (AvgIpc) is 2.69. The summed E-state index contributed by atoms with van der Waals surface area (Å²) in [5, 5.41) is 0. The van der Waals surface area contributed by atoms with Crippen molar-refractivity contribution >= 4 is 0 Å². The maximum Gasteiger partial charge on any atom is 0.00980 e. The Morgan fingerprint density at radius 1 is 1.36 bits per heavy atom. The maximum absolute atomic E-state index is 6.13. The number of hydrogen-bond donors (Lipinski definition) is 1. The lowest BCUT2D eigenvalue weighted by atomic mass is 9.91. The van der Waals surface area contributed by atoms with Gasteiger partial charge < -0.3 is 5.73 Å². The van der Waals surface area contributed by atoms with E-state index in [-0.39, 0.29) is 0 Å². The molecule has 2 N–H and O–H groups in total. The van der Waals surface area contributed by atoms with Crippen LogP contribution in [0.1, 0.15) is 40.0 Å². The molecule has 0 saturated heterocycles. The monoisotopic (exact) mass is 155 g/mol. The molecule has 0 bridgehead atoms. The minimum Gasteiger partial charge on any atom is -0.327 e. The van der Waals surface area contributed by atoms with E-state index in [0.29, 0.717) is 6.04 Å². The molecule has 0 aliphatic heterocycles. The molecule has 1 saturated carbocycles. The van der Waals surface area contributed by atoms with Gasteiger partial charge in [0.05, 0.1) is 0 Å². The SMILES string of the molecule is CCC(CC)C(N)C1CC1C. The van der Waals surface area contributed by atoms with Crippen LogP contribution in [0.25, 0.3) is 0 Å². The lowest BCUT2D eigenvalue weighted by Gasteiger charge is -2.20. The van der Waals surface area contributed by atoms with Gasteiger partial charge in [0.1, 0.15) is 0 Å². The van der Waals surface area contributed by atoms with Crippen LogP contribution in [0.15, 0.2) is 0 Å². The summed E-state index contributed by atoms with van der Waals surface area (Å²) in [5.41, 5.74) is 6.13. The predicted molar refractivity (Wildman–Crippen MR) is 49.3 cm³/mol. The second kappa shape index (κ2) is 3.57. The van der Waals surface area contributed by atoms with Gasteiger partial charge >= 0.3 is 0 Å². The Hall–Kier alpha value is -0.0400. The molecule has 1 aliphatic rings. The molecule has 11 heavy (non-hydrogen) atoms. The summed E-state index contributed by atoms with van der Waals surface area (Å²) >= 11 is 0. The lowest BCUT2D eigenvalue weighted by Crippen LogP contribution is -2.32. The summed E-state index contributed by atoms with van der Waals surface area (Å²) in [4.78, 5) is 0. The first kappa shape index (κ1) is 9.05. The first-order valence-electron chi connectivity index (χ1n) is 4.96. The highest BCUT2D eigenvalue weighted by Crippen LogP contribution is 2.42. The van der Waals surface area contributed by atoms with Crippen LogP contribution in [0.4, 0.5) is 0 Å². The van der Waals surface area contributed by atoms with E-state index in [0.717, 1.165) is 17.8 Å². The number of nitrogens with two attached hydrogens (primary N) is 1. The Bertz CT molecular complexity index is 118. The van der Waals surface area contributed by atoms with Gasteiger partial charge in [-0.1, -0.05) is 33.6 Å². The molecule has 1 rings (SSSR count). The molecular formula is C10H21N. The molecule has 3 atom stereocenters. The minimum absolute atomic E-state index is 0.486. The van der Waals surface area contributed by atoms with E-state index in [4.69, 9.17) is 5.73 Å². The zero-order valence-corrected chi connectivity index (χ0v) is 8.01. The first-order chi connectivity index (χ1) is 5.20. The van der Waals surface area contributed by atoms with Crippen LogP contribution in [-0.4, -0.2) is 6.04 Å². The Kier molecular flexibility index (Phi) is 2.94. The highest BCUT2D eigenvalue weighted by atomic mass is 14.7. The molecule has 0 aromatic rings. The van der Waals surface area contributed by atoms with Gasteiger partial charge in [-0.3, -0.25) is 0 Å². The molecule has 1 fully saturated rings. The van der Waals surface area contributed by atoms with Crippen LogP contribution in [0.2, 0.25) is 0 Å². The molecule has 0 heterocycles. The van der Waals surface area contributed by atoms with E-state index in [2.05, 4.69) is 20.8 Å². The fourth-order valence-corrected chi connectivity index (χ4v) is 2.07. The third-order valence-electron chi connectivity index (χ3n) is 3.26. The van der Waals surface area contributed by atoms with Crippen molar-refractivity contribution in [2.45, 2.75) is 46.1 Å². The van der Waals surface area contributed by atoms with Crippen molar-refractivity contribution in [3.05, 3.63) is 0 Å². The fraction of sp³-hybridized carbons (Fsp3) is 1.00. The van der Waals surface area contributed by atoms with Crippen LogP contribution in [0, 0.1) is 17.8 Å². The molecule has 66 valence electrons. The summed E-state index contributed by atoms with van der Waals surface area (Å²) in [5.74, 6) is 2.52. The average molecular weight is 155 g/mol. The molecule has 0 amide bonds. The van der Waals surface area contributed by atoms with Crippen molar-refractivity contribution in [1.29, 1.82) is 0 Å². The Balaban J connectivity index is 2.32. The van der Waals surface area contributed by atoms with Crippen LogP contribution >= 0.6 is 0 Å². The van der Waals surface area contributed by atoms with E-state index < -0.39 is 0 Å². The summed E-state index contributed by atoms with van der Waals surface area (Å²) in [6.45, 7) is 6.81. The van der Waals surface area contributed by atoms with Crippen molar-refractivity contribution in [3.8, 4) is 0 Å². The third-order valence-corrected chi connectivity index (χ3v) is 3.26. The van der Waals surface area contributed by atoms with Crippen LogP contribution in [0.5, 0.6) is 0 Å². The van der Waals surface area contributed by atoms with Gasteiger partial charge in [0.2, 0.25) is 0 Å². The summed E-state index contributed by atoms with van der Waals surface area (Å²) < 4.78 is 0. The quantitative estimate of drug-likeness (QED) is 0.663. The van der Waals surface area contributed by atoms with Gasteiger partial charge in [-0.05, 0) is 24.2 Å². The van der Waals surface area contributed by atoms with Gasteiger partial charge in [-0.15, -0.1) is 0 Å². The summed E-state index contributed by atoms with van der Waals surface area (Å²) in [6, 6.07) is 0.486. The van der Waals surface area contributed by atoms with E-state index in [1.165, 1.54) is 19.3 Å². The number of rotatable bonds is 4. The summed E-state index contributed by atoms with van der Waals surface area (Å²) in [6.07, 6.45) is 3.87. The maximum atomic E-state index is 6.13. The van der Waals surface area contributed by atoms with E-state index in [1.807, 2.05) is 0 Å². The van der Waals surface area contributed by atoms with Gasteiger partial charge in [0.15, 0.2) is 0 Å². The van der Waals surface area contributed by atoms with Crippen LogP contribution < -0.4 is 5.73 Å². The highest BCUT2D eigenvalue weighted by Gasteiger charge is 2.39. The highest BCUT2D eigenvalue weighted by molar-refractivity contribution is 4.93. The molecular weight excluding hydrogens is 134 g/mol. The van der Waals surface area contributed by atoms with Crippen LogP contribution in [-0.2, 0) is 0 Å². The first-order valence-corrected chi connectivity index (χ1v) is 4.96. The van der Waals surface area contributed by atoms with E-state index in [9.17, 15) is 0 Å². The second-order valence-electron chi connectivity index (χ2n) is 4.03. The van der Waals surface area contributed by atoms with Crippen LogP contribution in [0.3, 0.4) is 0 Å². The zero-order chi connectivity index (χ0) is 8.43. The number of hydrogen-bond acceptors (Lipinski definition) is 1. The smallest absolute Gasteiger partial charge is 0.00980 e. The van der Waals surface area contributed by atoms with Crippen molar-refractivity contribution in [2.75, 3.05) is 0 Å².